The Hall–Kier alpha value is -2.29. The van der Waals surface area contributed by atoms with Crippen molar-refractivity contribution >= 4 is 5.97 Å². The van der Waals surface area contributed by atoms with Gasteiger partial charge < -0.3 is 9.84 Å². The van der Waals surface area contributed by atoms with Gasteiger partial charge in [-0.25, -0.2) is 4.79 Å². The van der Waals surface area contributed by atoms with Gasteiger partial charge in [-0.1, -0.05) is 67.8 Å². The maximum absolute atomic E-state index is 10.8. The Morgan fingerprint density at radius 3 is 2.18 bits per heavy atom. The number of unbranched alkanes of at least 4 members (excludes halogenated alkanes) is 2. The number of carbonyl (C=O) groups is 1. The van der Waals surface area contributed by atoms with E-state index in [-0.39, 0.29) is 5.56 Å². The second kappa shape index (κ2) is 10.4. The molecule has 0 aromatic heterocycles. The molecule has 2 aromatic carbocycles. The summed E-state index contributed by atoms with van der Waals surface area (Å²) in [5.74, 6) is -0.484. The molecule has 0 aliphatic rings. The van der Waals surface area contributed by atoms with E-state index in [9.17, 15) is 4.79 Å². The van der Waals surface area contributed by atoms with Crippen LogP contribution in [0.3, 0.4) is 0 Å². The van der Waals surface area contributed by atoms with Gasteiger partial charge in [0, 0.05) is 0 Å². The van der Waals surface area contributed by atoms with Crippen molar-refractivity contribution in [3.8, 4) is 5.75 Å². The summed E-state index contributed by atoms with van der Waals surface area (Å²) in [5.41, 5.74) is 1.55. The van der Waals surface area contributed by atoms with Gasteiger partial charge in [-0.05, 0) is 25.5 Å². The van der Waals surface area contributed by atoms with E-state index in [1.807, 2.05) is 18.2 Å². The molecule has 0 aliphatic heterocycles. The molecule has 0 fully saturated rings. The highest BCUT2D eigenvalue weighted by atomic mass is 16.5. The Bertz CT molecular complexity index is 550. The third-order valence-corrected chi connectivity index (χ3v) is 3.06. The minimum Gasteiger partial charge on any atom is -0.493 e. The van der Waals surface area contributed by atoms with Crippen LogP contribution in [-0.2, 0) is 0 Å². The van der Waals surface area contributed by atoms with Crippen molar-refractivity contribution in [2.75, 3.05) is 6.61 Å². The van der Waals surface area contributed by atoms with Gasteiger partial charge in [0.25, 0.3) is 0 Å². The van der Waals surface area contributed by atoms with Crippen molar-refractivity contribution in [2.45, 2.75) is 33.1 Å². The predicted octanol–water partition coefficient (Wildman–Crippen LogP) is 4.95. The van der Waals surface area contributed by atoms with Crippen LogP contribution >= 0.6 is 0 Å². The number of carboxylic acid groups (broad SMARTS) is 1. The first-order valence-electron chi connectivity index (χ1n) is 7.62. The second-order valence-corrected chi connectivity index (χ2v) is 5.01. The van der Waals surface area contributed by atoms with Gasteiger partial charge in [-0.3, -0.25) is 0 Å². The zero-order valence-electron chi connectivity index (χ0n) is 13.3. The van der Waals surface area contributed by atoms with E-state index >= 15 is 0 Å². The molecular weight excluding hydrogens is 276 g/mol. The standard InChI is InChI=1S/C12H16O3.C7H8/c1-2-3-6-9-15-11-8-5-4-7-10(11)12(13)14;1-7-5-3-2-4-6-7/h4-5,7-8H,2-3,6,9H2,1H3,(H,13,14);2-6H,1H3. The zero-order valence-corrected chi connectivity index (χ0v) is 13.3. The van der Waals surface area contributed by atoms with Gasteiger partial charge in [-0.2, -0.15) is 0 Å². The largest absolute Gasteiger partial charge is 0.493 e. The van der Waals surface area contributed by atoms with E-state index in [1.165, 1.54) is 5.56 Å². The van der Waals surface area contributed by atoms with Crippen molar-refractivity contribution in [1.82, 2.24) is 0 Å². The molecule has 3 nitrogen and oxygen atoms in total. The first-order valence-corrected chi connectivity index (χ1v) is 7.62. The van der Waals surface area contributed by atoms with Gasteiger partial charge in [0.2, 0.25) is 0 Å². The van der Waals surface area contributed by atoms with Crippen LogP contribution in [0.15, 0.2) is 54.6 Å². The number of aryl methyl sites for hydroxylation is 1. The molecule has 0 bridgehead atoms. The molecule has 0 amide bonds. The van der Waals surface area contributed by atoms with E-state index < -0.39 is 5.97 Å². The summed E-state index contributed by atoms with van der Waals surface area (Å²) in [6, 6.07) is 17.0. The fourth-order valence-corrected chi connectivity index (χ4v) is 1.84. The molecule has 2 aromatic rings. The summed E-state index contributed by atoms with van der Waals surface area (Å²) in [6.07, 6.45) is 3.20. The summed E-state index contributed by atoms with van der Waals surface area (Å²) < 4.78 is 5.42. The van der Waals surface area contributed by atoms with Gasteiger partial charge in [-0.15, -0.1) is 0 Å². The summed E-state index contributed by atoms with van der Waals surface area (Å²) in [4.78, 5) is 10.8. The van der Waals surface area contributed by atoms with Crippen LogP contribution in [0.25, 0.3) is 0 Å². The molecule has 0 saturated carbocycles. The first-order chi connectivity index (χ1) is 10.6. The smallest absolute Gasteiger partial charge is 0.339 e. The zero-order chi connectivity index (χ0) is 16.2. The fraction of sp³-hybridized carbons (Fsp3) is 0.316. The van der Waals surface area contributed by atoms with Gasteiger partial charge in [0.15, 0.2) is 0 Å². The average molecular weight is 300 g/mol. The van der Waals surface area contributed by atoms with E-state index in [0.29, 0.717) is 12.4 Å². The monoisotopic (exact) mass is 300 g/mol. The van der Waals surface area contributed by atoms with Gasteiger partial charge in [0.1, 0.15) is 11.3 Å². The van der Waals surface area contributed by atoms with Crippen LogP contribution in [0.2, 0.25) is 0 Å². The number of aromatic carboxylic acids is 1. The SMILES string of the molecule is CCCCCOc1ccccc1C(=O)O.Cc1ccccc1. The Kier molecular flexibility index (Phi) is 8.43. The third kappa shape index (κ3) is 6.93. The fourth-order valence-electron chi connectivity index (χ4n) is 1.84. The maximum atomic E-state index is 10.8. The average Bonchev–Trinajstić information content (AvgIpc) is 2.53. The van der Waals surface area contributed by atoms with Crippen LogP contribution in [0.5, 0.6) is 5.75 Å². The number of hydrogen-bond acceptors (Lipinski definition) is 2. The van der Waals surface area contributed by atoms with Gasteiger partial charge >= 0.3 is 5.97 Å². The molecule has 0 heterocycles. The van der Waals surface area contributed by atoms with E-state index in [1.54, 1.807) is 24.3 Å². The van der Waals surface area contributed by atoms with Crippen LogP contribution in [0.1, 0.15) is 42.1 Å². The minimum absolute atomic E-state index is 0.231. The lowest BCUT2D eigenvalue weighted by Crippen LogP contribution is -2.04. The van der Waals surface area contributed by atoms with E-state index in [0.717, 1.165) is 19.3 Å². The highest BCUT2D eigenvalue weighted by Gasteiger charge is 2.09. The summed E-state index contributed by atoms with van der Waals surface area (Å²) in [7, 11) is 0. The predicted molar refractivity (Wildman–Crippen MR) is 89.6 cm³/mol. The molecule has 0 radical (unpaired) electrons. The van der Waals surface area contributed by atoms with Crippen LogP contribution in [0.4, 0.5) is 0 Å². The molecule has 0 saturated heterocycles. The third-order valence-electron chi connectivity index (χ3n) is 3.06. The van der Waals surface area contributed by atoms with E-state index in [4.69, 9.17) is 9.84 Å². The van der Waals surface area contributed by atoms with Crippen molar-refractivity contribution in [2.24, 2.45) is 0 Å². The number of carboxylic acids is 1. The van der Waals surface area contributed by atoms with Gasteiger partial charge in [0.05, 0.1) is 6.61 Å². The second-order valence-electron chi connectivity index (χ2n) is 5.01. The molecule has 2 rings (SSSR count). The van der Waals surface area contributed by atoms with Crippen LogP contribution in [0, 0.1) is 6.92 Å². The molecule has 22 heavy (non-hydrogen) atoms. The van der Waals surface area contributed by atoms with Crippen LogP contribution < -0.4 is 4.74 Å². The molecule has 0 unspecified atom stereocenters. The molecule has 118 valence electrons. The topological polar surface area (TPSA) is 46.5 Å². The molecule has 1 N–H and O–H groups in total. The highest BCUT2D eigenvalue weighted by molar-refractivity contribution is 5.90. The number of rotatable bonds is 6. The van der Waals surface area contributed by atoms with Crippen molar-refractivity contribution in [3.63, 3.8) is 0 Å². The first kappa shape index (κ1) is 17.8. The normalized spacial score (nSPS) is 9.55. The van der Waals surface area contributed by atoms with Crippen molar-refractivity contribution < 1.29 is 14.6 Å². The number of hydrogen-bond donors (Lipinski definition) is 1. The summed E-state index contributed by atoms with van der Waals surface area (Å²) in [5, 5.41) is 8.89. The number of benzene rings is 2. The van der Waals surface area contributed by atoms with Crippen LogP contribution in [-0.4, -0.2) is 17.7 Å². The lowest BCUT2D eigenvalue weighted by molar-refractivity contribution is 0.0692. The quantitative estimate of drug-likeness (QED) is 0.768. The Labute approximate surface area is 132 Å². The van der Waals surface area contributed by atoms with Crippen molar-refractivity contribution in [1.29, 1.82) is 0 Å². The molecule has 0 atom stereocenters. The van der Waals surface area contributed by atoms with E-state index in [2.05, 4.69) is 26.0 Å². The Balaban J connectivity index is 0.000000287. The highest BCUT2D eigenvalue weighted by Crippen LogP contribution is 2.18. The summed E-state index contributed by atoms with van der Waals surface area (Å²) >= 11 is 0. The molecule has 0 aliphatic carbocycles. The van der Waals surface area contributed by atoms with Crippen molar-refractivity contribution in [3.05, 3.63) is 65.7 Å². The summed E-state index contributed by atoms with van der Waals surface area (Å²) in [6.45, 7) is 4.78. The number of para-hydroxylation sites is 1. The molecular formula is C19H24O3. The lowest BCUT2D eigenvalue weighted by Gasteiger charge is -2.08. The molecule has 0 spiro atoms. The minimum atomic E-state index is -0.943. The Morgan fingerprint density at radius 2 is 1.64 bits per heavy atom. The lowest BCUT2D eigenvalue weighted by atomic mass is 10.2. The maximum Gasteiger partial charge on any atom is 0.339 e. The molecule has 3 heteroatoms. The number of ether oxygens (including phenoxy) is 1. The Morgan fingerprint density at radius 1 is 1.00 bits per heavy atom.